The Hall–Kier alpha value is -1.29. The number of benzene rings is 2. The van der Waals surface area contributed by atoms with Crippen molar-refractivity contribution in [3.8, 4) is 0 Å². The van der Waals surface area contributed by atoms with Crippen molar-refractivity contribution >= 4 is 11.8 Å². The van der Waals surface area contributed by atoms with Crippen LogP contribution in [0.4, 0.5) is 0 Å². The van der Waals surface area contributed by atoms with E-state index < -0.39 is 0 Å². The van der Waals surface area contributed by atoms with E-state index in [0.717, 1.165) is 18.2 Å². The number of fused-ring (bicyclic) bond motifs is 5. The minimum absolute atomic E-state index is 0.0756. The van der Waals surface area contributed by atoms with Crippen LogP contribution in [0.15, 0.2) is 47.4 Å². The monoisotopic (exact) mass is 351 g/mol. The van der Waals surface area contributed by atoms with Crippen LogP contribution in [0.1, 0.15) is 41.2 Å². The fourth-order valence-electron chi connectivity index (χ4n) is 4.64. The second-order valence-corrected chi connectivity index (χ2v) is 8.74. The highest BCUT2D eigenvalue weighted by atomic mass is 32.2. The Morgan fingerprint density at radius 1 is 1.04 bits per heavy atom. The van der Waals surface area contributed by atoms with Crippen LogP contribution < -0.4 is 0 Å². The number of hydrogen-bond acceptors (Lipinski definition) is 3. The van der Waals surface area contributed by atoms with Crippen LogP contribution in [-0.4, -0.2) is 30.6 Å². The molecule has 4 aliphatic heterocycles. The molecule has 2 nitrogen and oxygen atoms in total. The highest BCUT2D eigenvalue weighted by Crippen LogP contribution is 2.43. The van der Waals surface area contributed by atoms with Crippen LogP contribution in [0, 0.1) is 12.8 Å². The minimum atomic E-state index is 0.0756. The van der Waals surface area contributed by atoms with E-state index in [4.69, 9.17) is 4.74 Å². The minimum Gasteiger partial charge on any atom is -0.364 e. The average molecular weight is 352 g/mol. The van der Waals surface area contributed by atoms with Gasteiger partial charge in [-0.25, -0.2) is 0 Å². The van der Waals surface area contributed by atoms with Gasteiger partial charge in [0.2, 0.25) is 0 Å². The van der Waals surface area contributed by atoms with Crippen molar-refractivity contribution in [3.63, 3.8) is 0 Å². The Morgan fingerprint density at radius 3 is 2.68 bits per heavy atom. The summed E-state index contributed by atoms with van der Waals surface area (Å²) in [7, 11) is 0. The number of hydrogen-bond donors (Lipinski definition) is 0. The van der Waals surface area contributed by atoms with Gasteiger partial charge in [0.15, 0.2) is 0 Å². The molecule has 2 bridgehead atoms. The van der Waals surface area contributed by atoms with Crippen molar-refractivity contribution in [1.82, 2.24) is 4.90 Å². The van der Waals surface area contributed by atoms with Gasteiger partial charge in [0.25, 0.3) is 0 Å². The van der Waals surface area contributed by atoms with Crippen LogP contribution >= 0.6 is 11.8 Å². The van der Waals surface area contributed by atoms with E-state index in [1.807, 2.05) is 11.8 Å². The van der Waals surface area contributed by atoms with Gasteiger partial charge in [-0.05, 0) is 61.5 Å². The van der Waals surface area contributed by atoms with Gasteiger partial charge in [0, 0.05) is 17.2 Å². The summed E-state index contributed by atoms with van der Waals surface area (Å²) in [4.78, 5) is 3.96. The lowest BCUT2D eigenvalue weighted by Gasteiger charge is -2.45. The number of rotatable bonds is 2. The predicted molar refractivity (Wildman–Crippen MR) is 103 cm³/mol. The lowest BCUT2D eigenvalue weighted by atomic mass is 9.85. The van der Waals surface area contributed by atoms with Gasteiger partial charge in [-0.1, -0.05) is 42.0 Å². The molecule has 0 amide bonds. The molecule has 3 saturated heterocycles. The summed E-state index contributed by atoms with van der Waals surface area (Å²) in [5, 5.41) is 0. The predicted octanol–water partition coefficient (Wildman–Crippen LogP) is 4.80. The molecule has 4 heterocycles. The van der Waals surface area contributed by atoms with Crippen molar-refractivity contribution in [2.75, 3.05) is 19.6 Å². The van der Waals surface area contributed by atoms with E-state index in [-0.39, 0.29) is 6.10 Å². The van der Waals surface area contributed by atoms with Gasteiger partial charge in [-0.15, -0.1) is 11.8 Å². The lowest BCUT2D eigenvalue weighted by Crippen LogP contribution is -2.51. The van der Waals surface area contributed by atoms with E-state index in [1.54, 1.807) is 0 Å². The molecule has 0 radical (unpaired) electrons. The van der Waals surface area contributed by atoms with E-state index in [1.165, 1.54) is 53.1 Å². The van der Waals surface area contributed by atoms with Crippen molar-refractivity contribution in [1.29, 1.82) is 0 Å². The third-order valence-corrected chi connectivity index (χ3v) is 7.21. The molecule has 3 fully saturated rings. The van der Waals surface area contributed by atoms with Gasteiger partial charge < -0.3 is 9.64 Å². The molecule has 0 saturated carbocycles. The first-order valence-corrected chi connectivity index (χ1v) is 10.5. The quantitative estimate of drug-likeness (QED) is 0.771. The summed E-state index contributed by atoms with van der Waals surface area (Å²) in [5.41, 5.74) is 5.48. The van der Waals surface area contributed by atoms with E-state index in [2.05, 4.69) is 54.3 Å². The summed E-state index contributed by atoms with van der Waals surface area (Å²) < 4.78 is 6.90. The van der Waals surface area contributed by atoms with E-state index in [9.17, 15) is 0 Å². The first kappa shape index (κ1) is 15.9. The molecule has 3 heteroatoms. The van der Waals surface area contributed by atoms with Gasteiger partial charge in [-0.3, -0.25) is 0 Å². The Bertz CT molecular complexity index is 781. The maximum Gasteiger partial charge on any atom is 0.109 e. The molecule has 25 heavy (non-hydrogen) atoms. The van der Waals surface area contributed by atoms with Crippen LogP contribution in [0.5, 0.6) is 0 Å². The van der Waals surface area contributed by atoms with Gasteiger partial charge in [-0.2, -0.15) is 0 Å². The molecule has 2 aromatic carbocycles. The van der Waals surface area contributed by atoms with Gasteiger partial charge >= 0.3 is 0 Å². The fraction of sp³-hybridized carbons (Fsp3) is 0.455. The molecular weight excluding hydrogens is 326 g/mol. The normalized spacial score (nSPS) is 30.4. The molecule has 2 unspecified atom stereocenters. The molecule has 2 aromatic rings. The number of aryl methyl sites for hydroxylation is 1. The zero-order valence-electron chi connectivity index (χ0n) is 14.8. The first-order chi connectivity index (χ1) is 12.3. The zero-order valence-corrected chi connectivity index (χ0v) is 15.6. The third kappa shape index (κ3) is 2.92. The van der Waals surface area contributed by atoms with E-state index >= 15 is 0 Å². The van der Waals surface area contributed by atoms with Crippen LogP contribution in [0.3, 0.4) is 0 Å². The number of ether oxygens (including phenoxy) is 1. The summed E-state index contributed by atoms with van der Waals surface area (Å²) >= 11 is 1.95. The summed E-state index contributed by atoms with van der Waals surface area (Å²) in [6.07, 6.45) is 3.05. The standard InChI is InChI=1S/C22H25NOS/c1-15-6-7-21-19(12-15)22(18-5-3-2-4-17(18)14-25-21)24-20-13-23-10-8-16(20)9-11-23/h2-7,12,16,20,22H,8-11,13-14H2,1H3. The topological polar surface area (TPSA) is 12.5 Å². The number of piperidine rings is 3. The van der Waals surface area contributed by atoms with Crippen molar-refractivity contribution < 1.29 is 4.74 Å². The lowest BCUT2D eigenvalue weighted by molar-refractivity contribution is -0.0933. The van der Waals surface area contributed by atoms with Crippen LogP contribution in [-0.2, 0) is 10.5 Å². The Labute approximate surface area is 154 Å². The highest BCUT2D eigenvalue weighted by Gasteiger charge is 2.37. The van der Waals surface area contributed by atoms with Gasteiger partial charge in [0.1, 0.15) is 6.10 Å². The Kier molecular flexibility index (Phi) is 4.11. The Balaban J connectivity index is 1.56. The van der Waals surface area contributed by atoms with Crippen molar-refractivity contribution in [2.45, 2.75) is 42.6 Å². The molecule has 4 aliphatic rings. The average Bonchev–Trinajstić information content (AvgIpc) is 2.80. The maximum absolute atomic E-state index is 6.90. The first-order valence-electron chi connectivity index (χ1n) is 9.47. The van der Waals surface area contributed by atoms with Crippen LogP contribution in [0.25, 0.3) is 0 Å². The smallest absolute Gasteiger partial charge is 0.109 e. The summed E-state index contributed by atoms with van der Waals surface area (Å²) in [6, 6.07) is 15.7. The second kappa shape index (κ2) is 6.46. The molecule has 2 atom stereocenters. The van der Waals surface area contributed by atoms with Crippen LogP contribution in [0.2, 0.25) is 0 Å². The highest BCUT2D eigenvalue weighted by molar-refractivity contribution is 7.98. The number of nitrogens with zero attached hydrogens (tertiary/aromatic N) is 1. The molecular formula is C22H25NOS. The molecule has 0 N–H and O–H groups in total. The largest absolute Gasteiger partial charge is 0.364 e. The fourth-order valence-corrected chi connectivity index (χ4v) is 5.71. The van der Waals surface area contributed by atoms with Gasteiger partial charge in [0.05, 0.1) is 6.10 Å². The molecule has 0 spiro atoms. The molecule has 130 valence electrons. The van der Waals surface area contributed by atoms with E-state index in [0.29, 0.717) is 6.10 Å². The van der Waals surface area contributed by atoms with Crippen molar-refractivity contribution in [3.05, 3.63) is 64.7 Å². The molecule has 0 aliphatic carbocycles. The second-order valence-electron chi connectivity index (χ2n) is 7.72. The SMILES string of the molecule is Cc1ccc2c(c1)C(OC1CN3CCC1CC3)c1ccccc1CS2. The summed E-state index contributed by atoms with van der Waals surface area (Å²) in [5.74, 6) is 1.77. The van der Waals surface area contributed by atoms with Crippen molar-refractivity contribution in [2.24, 2.45) is 5.92 Å². The Morgan fingerprint density at radius 2 is 1.88 bits per heavy atom. The summed E-state index contributed by atoms with van der Waals surface area (Å²) in [6.45, 7) is 5.82. The zero-order chi connectivity index (χ0) is 16.8. The molecule has 0 aromatic heterocycles. The molecule has 6 rings (SSSR count). The third-order valence-electron chi connectivity index (χ3n) is 6.08. The number of thioether (sulfide) groups is 1. The maximum atomic E-state index is 6.90.